The van der Waals surface area contributed by atoms with Gasteiger partial charge in [-0.05, 0) is 25.8 Å². The molecule has 3 rings (SSSR count). The number of aromatic nitrogens is 2. The number of fused-ring (bicyclic) bond motifs is 1. The highest BCUT2D eigenvalue weighted by Gasteiger charge is 2.23. The number of benzene rings is 1. The minimum Gasteiger partial charge on any atom is -0.342 e. The van der Waals surface area contributed by atoms with Crippen LogP contribution in [0.1, 0.15) is 32.6 Å². The zero-order valence-corrected chi connectivity index (χ0v) is 13.7. The Morgan fingerprint density at radius 3 is 2.64 bits per heavy atom. The van der Waals surface area contributed by atoms with Gasteiger partial charge >= 0.3 is 0 Å². The quantitative estimate of drug-likeness (QED) is 0.642. The van der Waals surface area contributed by atoms with Gasteiger partial charge in [-0.2, -0.15) is 0 Å². The zero-order chi connectivity index (χ0) is 15.4. The summed E-state index contributed by atoms with van der Waals surface area (Å²) >= 11 is 1.54. The molecule has 0 spiro atoms. The fraction of sp³-hybridized carbons (Fsp3) is 0.471. The molecule has 116 valence electrons. The molecule has 1 aromatic carbocycles. The fourth-order valence-electron chi connectivity index (χ4n) is 2.84. The molecule has 5 heteroatoms. The van der Waals surface area contributed by atoms with E-state index in [9.17, 15) is 4.79 Å². The Balaban J connectivity index is 1.74. The second kappa shape index (κ2) is 7.09. The summed E-state index contributed by atoms with van der Waals surface area (Å²) in [6, 6.07) is 7.94. The van der Waals surface area contributed by atoms with E-state index >= 15 is 0 Å². The molecule has 0 N–H and O–H groups in total. The highest BCUT2D eigenvalue weighted by atomic mass is 32.2. The molecule has 2 heterocycles. The van der Waals surface area contributed by atoms with Crippen LogP contribution in [0.4, 0.5) is 0 Å². The predicted octanol–water partition coefficient (Wildman–Crippen LogP) is 3.51. The van der Waals surface area contributed by atoms with Crippen molar-refractivity contribution in [2.75, 3.05) is 13.1 Å². The number of amides is 1. The van der Waals surface area contributed by atoms with E-state index in [1.54, 1.807) is 6.33 Å². The average Bonchev–Trinajstić information content (AvgIpc) is 2.83. The summed E-state index contributed by atoms with van der Waals surface area (Å²) < 4.78 is 0. The van der Waals surface area contributed by atoms with Crippen molar-refractivity contribution in [2.45, 2.75) is 42.9 Å². The van der Waals surface area contributed by atoms with Crippen LogP contribution < -0.4 is 0 Å². The second-order valence-electron chi connectivity index (χ2n) is 5.70. The molecular formula is C17H21N3OS. The number of para-hydroxylation sites is 1. The van der Waals surface area contributed by atoms with Gasteiger partial charge in [0.1, 0.15) is 11.4 Å². The fourth-order valence-corrected chi connectivity index (χ4v) is 3.83. The van der Waals surface area contributed by atoms with Gasteiger partial charge in [0.2, 0.25) is 5.91 Å². The summed E-state index contributed by atoms with van der Waals surface area (Å²) in [6.45, 7) is 3.78. The molecule has 0 saturated carbocycles. The largest absolute Gasteiger partial charge is 0.342 e. The van der Waals surface area contributed by atoms with Crippen molar-refractivity contribution in [3.05, 3.63) is 30.6 Å². The topological polar surface area (TPSA) is 46.1 Å². The molecule has 1 aliphatic heterocycles. The minimum absolute atomic E-state index is 0.114. The third kappa shape index (κ3) is 3.40. The molecule has 4 nitrogen and oxygen atoms in total. The minimum atomic E-state index is -0.114. The van der Waals surface area contributed by atoms with Crippen molar-refractivity contribution in [2.24, 2.45) is 0 Å². The molecule has 1 atom stereocenters. The lowest BCUT2D eigenvalue weighted by Gasteiger charge is -2.23. The Morgan fingerprint density at radius 1 is 1.14 bits per heavy atom. The first kappa shape index (κ1) is 15.3. The standard InChI is InChI=1S/C17H21N3OS/c1-13(17(21)20-10-6-2-3-7-11-20)22-16-14-8-4-5-9-15(14)18-12-19-16/h4-5,8-9,12-13H,2-3,6-7,10-11H2,1H3. The molecule has 22 heavy (non-hydrogen) atoms. The van der Waals surface area contributed by atoms with E-state index in [4.69, 9.17) is 0 Å². The molecule has 0 bridgehead atoms. The molecule has 0 radical (unpaired) electrons. The van der Waals surface area contributed by atoms with Gasteiger partial charge in [-0.3, -0.25) is 4.79 Å². The molecule has 1 fully saturated rings. The van der Waals surface area contributed by atoms with Crippen molar-refractivity contribution in [3.8, 4) is 0 Å². The van der Waals surface area contributed by atoms with Crippen molar-refractivity contribution in [1.29, 1.82) is 0 Å². The van der Waals surface area contributed by atoms with Gasteiger partial charge in [0, 0.05) is 18.5 Å². The zero-order valence-electron chi connectivity index (χ0n) is 12.9. The Labute approximate surface area is 135 Å². The van der Waals surface area contributed by atoms with Crippen molar-refractivity contribution in [1.82, 2.24) is 14.9 Å². The first-order valence-electron chi connectivity index (χ1n) is 7.91. The van der Waals surface area contributed by atoms with Crippen LogP contribution >= 0.6 is 11.8 Å². The van der Waals surface area contributed by atoms with Gasteiger partial charge in [0.25, 0.3) is 0 Å². The number of nitrogens with zero attached hydrogens (tertiary/aromatic N) is 3. The van der Waals surface area contributed by atoms with Gasteiger partial charge in [0.05, 0.1) is 10.8 Å². The van der Waals surface area contributed by atoms with E-state index in [1.807, 2.05) is 36.1 Å². The Morgan fingerprint density at radius 2 is 1.86 bits per heavy atom. The SMILES string of the molecule is CC(Sc1ncnc2ccccc12)C(=O)N1CCCCCC1. The molecular weight excluding hydrogens is 294 g/mol. The van der Waals surface area contributed by atoms with Crippen LogP contribution in [0.15, 0.2) is 35.6 Å². The summed E-state index contributed by atoms with van der Waals surface area (Å²) in [6.07, 6.45) is 6.30. The van der Waals surface area contributed by atoms with E-state index in [1.165, 1.54) is 24.6 Å². The maximum Gasteiger partial charge on any atom is 0.235 e. The van der Waals surface area contributed by atoms with E-state index in [-0.39, 0.29) is 11.2 Å². The average molecular weight is 315 g/mol. The number of carbonyl (C=O) groups excluding carboxylic acids is 1. The number of thioether (sulfide) groups is 1. The molecule has 1 unspecified atom stereocenters. The van der Waals surface area contributed by atoms with Gasteiger partial charge in [-0.1, -0.05) is 42.8 Å². The molecule has 2 aromatic rings. The third-order valence-corrected chi connectivity index (χ3v) is 5.16. The van der Waals surface area contributed by atoms with Crippen LogP contribution in [0.25, 0.3) is 10.9 Å². The highest BCUT2D eigenvalue weighted by molar-refractivity contribution is 8.00. The maximum atomic E-state index is 12.7. The number of carbonyl (C=O) groups is 1. The van der Waals surface area contributed by atoms with Gasteiger partial charge in [-0.25, -0.2) is 9.97 Å². The first-order chi connectivity index (χ1) is 10.8. The summed E-state index contributed by atoms with van der Waals surface area (Å²) in [4.78, 5) is 23.3. The normalized spacial score (nSPS) is 17.2. The van der Waals surface area contributed by atoms with Crippen molar-refractivity contribution in [3.63, 3.8) is 0 Å². The maximum absolute atomic E-state index is 12.7. The van der Waals surface area contributed by atoms with Crippen LogP contribution in [0.3, 0.4) is 0 Å². The lowest BCUT2D eigenvalue weighted by molar-refractivity contribution is -0.130. The van der Waals surface area contributed by atoms with E-state index in [0.717, 1.165) is 41.9 Å². The Kier molecular flexibility index (Phi) is 4.93. The molecule has 0 aliphatic carbocycles. The lowest BCUT2D eigenvalue weighted by Crippen LogP contribution is -2.37. The lowest BCUT2D eigenvalue weighted by atomic mass is 10.2. The van der Waals surface area contributed by atoms with E-state index < -0.39 is 0 Å². The second-order valence-corrected chi connectivity index (χ2v) is 7.03. The van der Waals surface area contributed by atoms with Crippen molar-refractivity contribution < 1.29 is 4.79 Å². The van der Waals surface area contributed by atoms with Gasteiger partial charge < -0.3 is 4.90 Å². The molecule has 1 aliphatic rings. The smallest absolute Gasteiger partial charge is 0.235 e. The summed E-state index contributed by atoms with van der Waals surface area (Å²) in [5, 5.41) is 1.79. The molecule has 1 amide bonds. The predicted molar refractivity (Wildman–Crippen MR) is 89.9 cm³/mol. The van der Waals surface area contributed by atoms with Crippen LogP contribution in [0, 0.1) is 0 Å². The summed E-state index contributed by atoms with van der Waals surface area (Å²) in [5.74, 6) is 0.231. The number of hydrogen-bond acceptors (Lipinski definition) is 4. The van der Waals surface area contributed by atoms with Crippen LogP contribution in [-0.4, -0.2) is 39.1 Å². The third-order valence-electron chi connectivity index (χ3n) is 4.06. The summed E-state index contributed by atoms with van der Waals surface area (Å²) in [5.41, 5.74) is 0.925. The Bertz CT molecular complexity index is 648. The van der Waals surface area contributed by atoms with Crippen LogP contribution in [0.5, 0.6) is 0 Å². The summed E-state index contributed by atoms with van der Waals surface area (Å²) in [7, 11) is 0. The van der Waals surface area contributed by atoms with Crippen molar-refractivity contribution >= 4 is 28.6 Å². The number of likely N-dealkylation sites (tertiary alicyclic amines) is 1. The van der Waals surface area contributed by atoms with Crippen LogP contribution in [0.2, 0.25) is 0 Å². The number of rotatable bonds is 3. The van der Waals surface area contributed by atoms with Crippen LogP contribution in [-0.2, 0) is 4.79 Å². The first-order valence-corrected chi connectivity index (χ1v) is 8.79. The number of hydrogen-bond donors (Lipinski definition) is 0. The Hall–Kier alpha value is -1.62. The molecule has 1 aromatic heterocycles. The van der Waals surface area contributed by atoms with E-state index in [2.05, 4.69) is 9.97 Å². The van der Waals surface area contributed by atoms with Gasteiger partial charge in [-0.15, -0.1) is 0 Å². The highest BCUT2D eigenvalue weighted by Crippen LogP contribution is 2.29. The monoisotopic (exact) mass is 315 g/mol. The van der Waals surface area contributed by atoms with Gasteiger partial charge in [0.15, 0.2) is 0 Å². The van der Waals surface area contributed by atoms with E-state index in [0.29, 0.717) is 0 Å². The molecule has 1 saturated heterocycles.